The molecule has 36 heavy (non-hydrogen) atoms. The molecule has 0 aromatic heterocycles. The van der Waals surface area contributed by atoms with Gasteiger partial charge in [-0.3, -0.25) is 19.2 Å². The maximum absolute atomic E-state index is 13.4. The van der Waals surface area contributed by atoms with E-state index in [0.717, 1.165) is 12.1 Å². The van der Waals surface area contributed by atoms with E-state index in [2.05, 4.69) is 31.9 Å². The third-order valence-corrected chi connectivity index (χ3v) is 11.3. The third-order valence-electron chi connectivity index (χ3n) is 8.14. The molecule has 186 valence electrons. The number of benzene rings is 2. The van der Waals surface area contributed by atoms with E-state index < -0.39 is 11.9 Å². The molecule has 2 saturated heterocycles. The van der Waals surface area contributed by atoms with Gasteiger partial charge in [-0.1, -0.05) is 50.1 Å². The van der Waals surface area contributed by atoms with Crippen molar-refractivity contribution < 1.29 is 23.9 Å². The summed E-state index contributed by atoms with van der Waals surface area (Å²) in [5.41, 5.74) is 1.96. The smallest absolute Gasteiger partial charge is 0.316 e. The van der Waals surface area contributed by atoms with E-state index in [-0.39, 0.29) is 64.0 Å². The van der Waals surface area contributed by atoms with Crippen molar-refractivity contribution >= 4 is 66.9 Å². The first-order valence-electron chi connectivity index (χ1n) is 12.1. The standard InChI is InChI=1S/C27H24Br2N2O5/c1-13-9-16(36-27(35)14-10-20(32)30(12-14)15-5-3-2-4-6-15)7-8-19(13)31-25(33)21-17-11-18(22(21)26(31)34)24(29)23(17)28/h2-9,14,17-18,21-24H,10-12H2,1H3/t14-,17-,18-,21-,22+,23+,24+/m1/s1. The summed E-state index contributed by atoms with van der Waals surface area (Å²) < 4.78 is 5.61. The van der Waals surface area contributed by atoms with Gasteiger partial charge in [0.05, 0.1) is 23.4 Å². The Hall–Kier alpha value is -2.52. The number of anilines is 2. The lowest BCUT2D eigenvalue weighted by Crippen LogP contribution is -2.37. The van der Waals surface area contributed by atoms with E-state index in [0.29, 0.717) is 17.0 Å². The van der Waals surface area contributed by atoms with Gasteiger partial charge in [-0.05, 0) is 61.1 Å². The summed E-state index contributed by atoms with van der Waals surface area (Å²) in [4.78, 5) is 55.3. The summed E-state index contributed by atoms with van der Waals surface area (Å²) in [5, 5.41) is 0. The first-order valence-corrected chi connectivity index (χ1v) is 13.9. The minimum absolute atomic E-state index is 0.0931. The number of aryl methyl sites for hydroxylation is 1. The highest BCUT2D eigenvalue weighted by atomic mass is 79.9. The van der Waals surface area contributed by atoms with Crippen LogP contribution in [0.1, 0.15) is 18.4 Å². The van der Waals surface area contributed by atoms with Gasteiger partial charge in [-0.25, -0.2) is 4.90 Å². The molecule has 0 N–H and O–H groups in total. The number of nitrogens with zero attached hydrogens (tertiary/aromatic N) is 2. The van der Waals surface area contributed by atoms with Gasteiger partial charge in [0.25, 0.3) is 0 Å². The molecule has 2 bridgehead atoms. The number of carbonyl (C=O) groups excluding carboxylic acids is 4. The Morgan fingerprint density at radius 3 is 2.19 bits per heavy atom. The molecule has 7 atom stereocenters. The van der Waals surface area contributed by atoms with E-state index in [9.17, 15) is 19.2 Å². The maximum atomic E-state index is 13.4. The number of amides is 3. The van der Waals surface area contributed by atoms with E-state index in [4.69, 9.17) is 4.74 Å². The number of rotatable bonds is 4. The van der Waals surface area contributed by atoms with Crippen LogP contribution in [0.5, 0.6) is 5.75 Å². The number of halogens is 2. The predicted octanol–water partition coefficient (Wildman–Crippen LogP) is 4.24. The number of hydrogen-bond donors (Lipinski definition) is 0. The van der Waals surface area contributed by atoms with Crippen LogP contribution in [0.4, 0.5) is 11.4 Å². The van der Waals surface area contributed by atoms with E-state index >= 15 is 0 Å². The molecule has 4 aliphatic rings. The Morgan fingerprint density at radius 1 is 0.944 bits per heavy atom. The number of alkyl halides is 2. The Bertz CT molecular complexity index is 1250. The van der Waals surface area contributed by atoms with Gasteiger partial charge in [0.2, 0.25) is 17.7 Å². The summed E-state index contributed by atoms with van der Waals surface area (Å²) >= 11 is 7.43. The van der Waals surface area contributed by atoms with Crippen LogP contribution in [0.2, 0.25) is 0 Å². The first kappa shape index (κ1) is 23.9. The zero-order valence-electron chi connectivity index (χ0n) is 19.5. The number of hydrogen-bond acceptors (Lipinski definition) is 5. The van der Waals surface area contributed by atoms with Crippen LogP contribution >= 0.6 is 31.9 Å². The van der Waals surface area contributed by atoms with Crippen molar-refractivity contribution in [2.75, 3.05) is 16.3 Å². The van der Waals surface area contributed by atoms with E-state index in [1.165, 1.54) is 4.90 Å². The molecule has 2 aliphatic carbocycles. The van der Waals surface area contributed by atoms with Crippen molar-refractivity contribution in [1.29, 1.82) is 0 Å². The van der Waals surface area contributed by atoms with E-state index in [1.807, 2.05) is 30.3 Å². The number of esters is 1. The number of fused-ring (bicyclic) bond motifs is 5. The fraction of sp³-hybridized carbons (Fsp3) is 0.407. The fourth-order valence-electron chi connectivity index (χ4n) is 6.45. The molecule has 7 nitrogen and oxygen atoms in total. The van der Waals surface area contributed by atoms with Crippen molar-refractivity contribution in [3.05, 3.63) is 54.1 Å². The van der Waals surface area contributed by atoms with Gasteiger partial charge in [-0.2, -0.15) is 0 Å². The predicted molar refractivity (Wildman–Crippen MR) is 140 cm³/mol. The molecule has 0 radical (unpaired) electrons. The minimum Gasteiger partial charge on any atom is -0.426 e. The zero-order chi connectivity index (χ0) is 25.3. The molecular formula is C27H24Br2N2O5. The number of para-hydroxylation sites is 1. The largest absolute Gasteiger partial charge is 0.426 e. The molecule has 2 aromatic carbocycles. The minimum atomic E-state index is -0.566. The highest BCUT2D eigenvalue weighted by Crippen LogP contribution is 2.60. The van der Waals surface area contributed by atoms with Crippen molar-refractivity contribution in [1.82, 2.24) is 0 Å². The molecule has 4 fully saturated rings. The van der Waals surface area contributed by atoms with Gasteiger partial charge in [0.1, 0.15) is 5.75 Å². The summed E-state index contributed by atoms with van der Waals surface area (Å²) in [5.74, 6) is -1.38. The van der Waals surface area contributed by atoms with Crippen molar-refractivity contribution in [3.8, 4) is 5.75 Å². The molecule has 6 rings (SSSR count). The highest BCUT2D eigenvalue weighted by molar-refractivity contribution is 9.12. The molecule has 0 spiro atoms. The summed E-state index contributed by atoms with van der Waals surface area (Å²) in [6, 6.07) is 14.2. The third kappa shape index (κ3) is 3.57. The van der Waals surface area contributed by atoms with Crippen molar-refractivity contribution in [2.24, 2.45) is 29.6 Å². The zero-order valence-corrected chi connectivity index (χ0v) is 22.6. The topological polar surface area (TPSA) is 84.0 Å². The van der Waals surface area contributed by atoms with Crippen LogP contribution in [-0.2, 0) is 19.2 Å². The molecule has 3 amide bonds. The Labute approximate surface area is 225 Å². The Morgan fingerprint density at radius 2 is 1.58 bits per heavy atom. The summed E-state index contributed by atoms with van der Waals surface area (Å²) in [7, 11) is 0. The quantitative estimate of drug-likeness (QED) is 0.222. The van der Waals surface area contributed by atoms with Crippen LogP contribution in [0.25, 0.3) is 0 Å². The first-order chi connectivity index (χ1) is 17.3. The highest BCUT2D eigenvalue weighted by Gasteiger charge is 2.66. The molecule has 2 aliphatic heterocycles. The Balaban J connectivity index is 1.17. The van der Waals surface area contributed by atoms with Crippen LogP contribution in [0.15, 0.2) is 48.5 Å². The van der Waals surface area contributed by atoms with Crippen LogP contribution < -0.4 is 14.5 Å². The van der Waals surface area contributed by atoms with Gasteiger partial charge in [-0.15, -0.1) is 0 Å². The fourth-order valence-corrected chi connectivity index (χ4v) is 8.32. The summed E-state index contributed by atoms with van der Waals surface area (Å²) in [6.07, 6.45) is 0.974. The van der Waals surface area contributed by atoms with Crippen molar-refractivity contribution in [3.63, 3.8) is 0 Å². The molecule has 9 heteroatoms. The van der Waals surface area contributed by atoms with Gasteiger partial charge in [0.15, 0.2) is 0 Å². The lowest BCUT2D eigenvalue weighted by Gasteiger charge is -2.28. The van der Waals surface area contributed by atoms with Crippen LogP contribution in [0.3, 0.4) is 0 Å². The van der Waals surface area contributed by atoms with Gasteiger partial charge in [0, 0.05) is 28.3 Å². The monoisotopic (exact) mass is 614 g/mol. The van der Waals surface area contributed by atoms with Crippen LogP contribution in [0, 0.1) is 36.5 Å². The second-order valence-electron chi connectivity index (χ2n) is 10.1. The lowest BCUT2D eigenvalue weighted by molar-refractivity contribution is -0.139. The normalized spacial score (nSPS) is 33.0. The Kier molecular flexibility index (Phi) is 5.83. The molecule has 2 aromatic rings. The second kappa shape index (κ2) is 8.80. The second-order valence-corrected chi connectivity index (χ2v) is 12.2. The number of imide groups is 1. The van der Waals surface area contributed by atoms with Gasteiger partial charge >= 0.3 is 5.97 Å². The molecule has 2 saturated carbocycles. The van der Waals surface area contributed by atoms with E-state index in [1.54, 1.807) is 30.0 Å². The van der Waals surface area contributed by atoms with Gasteiger partial charge < -0.3 is 9.64 Å². The summed E-state index contributed by atoms with van der Waals surface area (Å²) in [6.45, 7) is 2.07. The molecular weight excluding hydrogens is 592 g/mol. The average molecular weight is 616 g/mol. The average Bonchev–Trinajstić information content (AvgIpc) is 3.58. The molecule has 0 unspecified atom stereocenters. The SMILES string of the molecule is Cc1cc(OC(=O)[C@@H]2CC(=O)N(c3ccccc3)C2)ccc1N1C(=O)[C@@H]2[C@H]3C[C@@H]([C@H](Br)[C@H]3Br)[C@@H]2C1=O. The van der Waals surface area contributed by atoms with Crippen molar-refractivity contribution in [2.45, 2.75) is 29.4 Å². The van der Waals surface area contributed by atoms with Crippen LogP contribution in [-0.4, -0.2) is 39.9 Å². The molecule has 2 heterocycles. The lowest BCUT2D eigenvalue weighted by atomic mass is 9.81. The number of carbonyl (C=O) groups is 4. The number of ether oxygens (including phenoxy) is 1. The maximum Gasteiger partial charge on any atom is 0.316 e.